The predicted molar refractivity (Wildman–Crippen MR) is 165 cm³/mol. The molecule has 0 radical (unpaired) electrons. The first kappa shape index (κ1) is 33.6. The van der Waals surface area contributed by atoms with Crippen molar-refractivity contribution < 1.29 is 32.5 Å². The Bertz CT molecular complexity index is 1260. The van der Waals surface area contributed by atoms with Crippen LogP contribution in [0.2, 0.25) is 0 Å². The number of sulfonamides is 1. The molecule has 0 saturated carbocycles. The standard InChI is InChI=1S/C31H47N3O7S/c1-22-18-34(23(2)21-35)31(36)28-17-26(32-42(6,37)38)12-15-29(28)41-24(3)9-7-8-16-40-30(22)20-33(4)19-25-10-13-27(39-5)14-11-25/h10-15,17,22-24,30,32,35H,7-9,16,18-21H2,1-6H3/t22-,23-,24+,30+/m1/s1. The molecule has 0 aromatic heterocycles. The number of hydrogen-bond donors (Lipinski definition) is 2. The minimum atomic E-state index is -3.55. The number of amides is 1. The molecule has 1 amide bonds. The van der Waals surface area contributed by atoms with Gasteiger partial charge in [0.15, 0.2) is 0 Å². The molecule has 10 nitrogen and oxygen atoms in total. The lowest BCUT2D eigenvalue weighted by Gasteiger charge is -2.36. The summed E-state index contributed by atoms with van der Waals surface area (Å²) < 4.78 is 44.2. The summed E-state index contributed by atoms with van der Waals surface area (Å²) in [5.74, 6) is 0.793. The van der Waals surface area contributed by atoms with Gasteiger partial charge >= 0.3 is 0 Å². The number of benzene rings is 2. The highest BCUT2D eigenvalue weighted by Crippen LogP contribution is 2.29. The number of rotatable bonds is 9. The molecule has 42 heavy (non-hydrogen) atoms. The highest BCUT2D eigenvalue weighted by molar-refractivity contribution is 7.92. The minimum absolute atomic E-state index is 0.0650. The van der Waals surface area contributed by atoms with Crippen LogP contribution in [0, 0.1) is 5.92 Å². The Labute approximate surface area is 251 Å². The SMILES string of the molecule is COc1ccc(CN(C)C[C@@H]2OCCCC[C@H](C)Oc3ccc(NS(C)(=O)=O)cc3C(=O)N([C@H](C)CO)C[C@H]2C)cc1. The number of nitrogens with one attached hydrogen (secondary N) is 1. The van der Waals surface area contributed by atoms with Crippen molar-refractivity contribution in [2.45, 2.75) is 64.8 Å². The lowest BCUT2D eigenvalue weighted by Crippen LogP contribution is -2.47. The second-order valence-corrected chi connectivity index (χ2v) is 13.2. The third-order valence-electron chi connectivity index (χ3n) is 7.46. The van der Waals surface area contributed by atoms with Crippen molar-refractivity contribution in [2.75, 3.05) is 51.4 Å². The summed E-state index contributed by atoms with van der Waals surface area (Å²) in [6.07, 6.45) is 3.28. The van der Waals surface area contributed by atoms with E-state index in [0.29, 0.717) is 25.4 Å². The second kappa shape index (κ2) is 15.6. The number of anilines is 1. The first-order valence-electron chi connectivity index (χ1n) is 14.5. The lowest BCUT2D eigenvalue weighted by molar-refractivity contribution is -0.0177. The molecule has 1 heterocycles. The second-order valence-electron chi connectivity index (χ2n) is 11.4. The van der Waals surface area contributed by atoms with E-state index in [2.05, 4.69) is 23.6 Å². The van der Waals surface area contributed by atoms with Gasteiger partial charge in [-0.3, -0.25) is 14.4 Å². The molecule has 0 fully saturated rings. The monoisotopic (exact) mass is 605 g/mol. The van der Waals surface area contributed by atoms with Crippen LogP contribution in [0.3, 0.4) is 0 Å². The number of ether oxygens (including phenoxy) is 3. The number of likely N-dealkylation sites (N-methyl/N-ethyl adjacent to an activating group) is 1. The zero-order valence-electron chi connectivity index (χ0n) is 25.7. The van der Waals surface area contributed by atoms with E-state index in [0.717, 1.165) is 43.4 Å². The molecule has 0 unspecified atom stereocenters. The number of carbonyl (C=O) groups is 1. The van der Waals surface area contributed by atoms with Gasteiger partial charge in [0, 0.05) is 37.8 Å². The van der Waals surface area contributed by atoms with Crippen LogP contribution in [0.15, 0.2) is 42.5 Å². The molecule has 0 saturated heterocycles. The molecule has 2 N–H and O–H groups in total. The van der Waals surface area contributed by atoms with Crippen LogP contribution in [-0.2, 0) is 21.3 Å². The average molecular weight is 606 g/mol. The smallest absolute Gasteiger partial charge is 0.258 e. The number of fused-ring (bicyclic) bond motifs is 1. The number of aliphatic hydroxyl groups excluding tert-OH is 1. The Morgan fingerprint density at radius 2 is 1.88 bits per heavy atom. The lowest BCUT2D eigenvalue weighted by atomic mass is 10.0. The Kier molecular flexibility index (Phi) is 12.5. The highest BCUT2D eigenvalue weighted by atomic mass is 32.2. The van der Waals surface area contributed by atoms with Gasteiger partial charge < -0.3 is 24.2 Å². The number of hydrogen-bond acceptors (Lipinski definition) is 8. The minimum Gasteiger partial charge on any atom is -0.497 e. The van der Waals surface area contributed by atoms with Crippen molar-refractivity contribution in [3.05, 3.63) is 53.6 Å². The van der Waals surface area contributed by atoms with E-state index in [-0.39, 0.29) is 41.9 Å². The van der Waals surface area contributed by atoms with Crippen molar-refractivity contribution >= 4 is 21.6 Å². The molecule has 3 rings (SSSR count). The quantitative estimate of drug-likeness (QED) is 0.441. The van der Waals surface area contributed by atoms with Crippen molar-refractivity contribution in [3.63, 3.8) is 0 Å². The van der Waals surface area contributed by atoms with Gasteiger partial charge in [-0.1, -0.05) is 19.1 Å². The Morgan fingerprint density at radius 1 is 1.17 bits per heavy atom. The zero-order valence-corrected chi connectivity index (χ0v) is 26.5. The molecule has 11 heteroatoms. The maximum absolute atomic E-state index is 14.1. The van der Waals surface area contributed by atoms with E-state index in [4.69, 9.17) is 14.2 Å². The highest BCUT2D eigenvalue weighted by Gasteiger charge is 2.30. The van der Waals surface area contributed by atoms with E-state index in [1.165, 1.54) is 6.07 Å². The molecule has 0 aliphatic carbocycles. The third kappa shape index (κ3) is 10.1. The normalized spacial score (nSPS) is 21.7. The molecule has 1 aliphatic rings. The molecule has 0 bridgehead atoms. The van der Waals surface area contributed by atoms with Crippen LogP contribution in [0.5, 0.6) is 11.5 Å². The van der Waals surface area contributed by atoms with Gasteiger partial charge in [-0.2, -0.15) is 0 Å². The fourth-order valence-electron chi connectivity index (χ4n) is 5.08. The summed E-state index contributed by atoms with van der Waals surface area (Å²) in [6, 6.07) is 12.2. The van der Waals surface area contributed by atoms with Gasteiger partial charge in [-0.25, -0.2) is 8.42 Å². The van der Waals surface area contributed by atoms with Crippen LogP contribution < -0.4 is 14.2 Å². The third-order valence-corrected chi connectivity index (χ3v) is 8.06. The average Bonchev–Trinajstić information content (AvgIpc) is 2.94. The van der Waals surface area contributed by atoms with E-state index in [1.807, 2.05) is 31.2 Å². The van der Waals surface area contributed by atoms with E-state index in [1.54, 1.807) is 31.1 Å². The molecule has 2 aromatic rings. The summed E-state index contributed by atoms with van der Waals surface area (Å²) in [5.41, 5.74) is 1.67. The van der Waals surface area contributed by atoms with Gasteiger partial charge in [-0.05, 0) is 76.1 Å². The fraction of sp³-hybridized carbons (Fsp3) is 0.581. The van der Waals surface area contributed by atoms with Crippen molar-refractivity contribution in [2.24, 2.45) is 5.92 Å². The number of nitrogens with zero attached hydrogens (tertiary/aromatic N) is 2. The summed E-state index contributed by atoms with van der Waals surface area (Å²) in [7, 11) is 0.149. The van der Waals surface area contributed by atoms with Crippen LogP contribution in [0.25, 0.3) is 0 Å². The molecule has 0 spiro atoms. The van der Waals surface area contributed by atoms with Gasteiger partial charge in [0.2, 0.25) is 10.0 Å². The maximum Gasteiger partial charge on any atom is 0.258 e. The molecule has 4 atom stereocenters. The largest absolute Gasteiger partial charge is 0.497 e. The summed E-state index contributed by atoms with van der Waals surface area (Å²) in [5, 5.41) is 10.1. The summed E-state index contributed by atoms with van der Waals surface area (Å²) in [6.45, 7) is 7.89. The van der Waals surface area contributed by atoms with E-state index >= 15 is 0 Å². The fourth-order valence-corrected chi connectivity index (χ4v) is 5.63. The molecule has 2 aromatic carbocycles. The van der Waals surface area contributed by atoms with Crippen LogP contribution in [0.1, 0.15) is 56.0 Å². The Morgan fingerprint density at radius 3 is 2.52 bits per heavy atom. The summed E-state index contributed by atoms with van der Waals surface area (Å²) >= 11 is 0. The predicted octanol–water partition coefficient (Wildman–Crippen LogP) is 3.99. The topological polar surface area (TPSA) is 118 Å². The first-order valence-corrected chi connectivity index (χ1v) is 16.4. The zero-order chi connectivity index (χ0) is 30.9. The molecular formula is C31H47N3O7S. The van der Waals surface area contributed by atoms with Crippen molar-refractivity contribution in [1.82, 2.24) is 9.80 Å². The number of carbonyl (C=O) groups excluding carboxylic acids is 1. The van der Waals surface area contributed by atoms with Gasteiger partial charge in [-0.15, -0.1) is 0 Å². The van der Waals surface area contributed by atoms with Crippen LogP contribution in [-0.4, -0.2) is 94.2 Å². The van der Waals surface area contributed by atoms with E-state index < -0.39 is 16.1 Å². The van der Waals surface area contributed by atoms with E-state index in [9.17, 15) is 18.3 Å². The van der Waals surface area contributed by atoms with Gasteiger partial charge in [0.25, 0.3) is 5.91 Å². The number of methoxy groups -OCH3 is 1. The van der Waals surface area contributed by atoms with Crippen molar-refractivity contribution in [1.29, 1.82) is 0 Å². The Balaban J connectivity index is 1.90. The Hall–Kier alpha value is -2.86. The van der Waals surface area contributed by atoms with Gasteiger partial charge in [0.05, 0.1) is 43.8 Å². The van der Waals surface area contributed by atoms with Crippen molar-refractivity contribution in [3.8, 4) is 11.5 Å². The summed E-state index contributed by atoms with van der Waals surface area (Å²) in [4.78, 5) is 17.9. The van der Waals surface area contributed by atoms with Crippen LogP contribution >= 0.6 is 0 Å². The first-order chi connectivity index (χ1) is 19.9. The molecule has 234 valence electrons. The maximum atomic E-state index is 14.1. The van der Waals surface area contributed by atoms with Gasteiger partial charge in [0.1, 0.15) is 11.5 Å². The number of aliphatic hydroxyl groups is 1. The molecular weight excluding hydrogens is 558 g/mol. The molecule has 1 aliphatic heterocycles. The van der Waals surface area contributed by atoms with Crippen LogP contribution in [0.4, 0.5) is 5.69 Å².